The van der Waals surface area contributed by atoms with Gasteiger partial charge in [0.2, 0.25) is 17.3 Å². The van der Waals surface area contributed by atoms with Crippen LogP contribution in [0.25, 0.3) is 22.6 Å². The van der Waals surface area contributed by atoms with Crippen molar-refractivity contribution in [2.24, 2.45) is 0 Å². The summed E-state index contributed by atoms with van der Waals surface area (Å²) in [5, 5.41) is 12.9. The van der Waals surface area contributed by atoms with Crippen LogP contribution in [0.2, 0.25) is 0 Å². The minimum absolute atomic E-state index is 0.417. The lowest BCUT2D eigenvalue weighted by atomic mass is 10.1. The summed E-state index contributed by atoms with van der Waals surface area (Å²) in [5.41, 5.74) is 5.77. The van der Waals surface area contributed by atoms with Gasteiger partial charge in [-0.1, -0.05) is 87.9 Å². The zero-order valence-corrected chi connectivity index (χ0v) is 21.7. The molecule has 0 spiro atoms. The zero-order chi connectivity index (χ0) is 24.5. The molecule has 1 aliphatic heterocycles. The Morgan fingerprint density at radius 1 is 0.917 bits per heavy atom. The van der Waals surface area contributed by atoms with E-state index in [0.29, 0.717) is 22.5 Å². The van der Waals surface area contributed by atoms with Crippen molar-refractivity contribution in [2.45, 2.75) is 24.1 Å². The number of ether oxygens (including phenoxy) is 1. The molecule has 3 heterocycles. The van der Waals surface area contributed by atoms with Crippen molar-refractivity contribution in [3.05, 3.63) is 106 Å². The molecule has 0 saturated carbocycles. The molecular formula is C28H21BrN4O2S. The maximum atomic E-state index is 6.36. The third-order valence-electron chi connectivity index (χ3n) is 5.84. The topological polar surface area (TPSA) is 73.1 Å². The molecular weight excluding hydrogens is 536 g/mol. The van der Waals surface area contributed by atoms with Crippen molar-refractivity contribution < 1.29 is 9.15 Å². The molecule has 36 heavy (non-hydrogen) atoms. The number of benzene rings is 3. The fourth-order valence-corrected chi connectivity index (χ4v) is 4.93. The van der Waals surface area contributed by atoms with E-state index in [4.69, 9.17) is 14.1 Å². The Bertz CT molecular complexity index is 1520. The molecule has 6 nitrogen and oxygen atoms in total. The average molecular weight is 557 g/mol. The smallest absolute Gasteiger partial charge is 0.247 e. The van der Waals surface area contributed by atoms with Crippen LogP contribution in [0.15, 0.2) is 99.0 Å². The summed E-state index contributed by atoms with van der Waals surface area (Å²) in [7, 11) is 0. The van der Waals surface area contributed by atoms with Crippen LogP contribution in [0, 0.1) is 6.92 Å². The summed E-state index contributed by atoms with van der Waals surface area (Å²) in [5.74, 6) is 2.56. The van der Waals surface area contributed by atoms with E-state index >= 15 is 0 Å². The predicted molar refractivity (Wildman–Crippen MR) is 145 cm³/mol. The van der Waals surface area contributed by atoms with Gasteiger partial charge in [0, 0.05) is 27.0 Å². The van der Waals surface area contributed by atoms with E-state index < -0.39 is 6.23 Å². The van der Waals surface area contributed by atoms with Crippen molar-refractivity contribution in [2.75, 3.05) is 5.32 Å². The van der Waals surface area contributed by atoms with Gasteiger partial charge >= 0.3 is 0 Å². The molecule has 8 heteroatoms. The van der Waals surface area contributed by atoms with Gasteiger partial charge in [0.15, 0.2) is 11.5 Å². The van der Waals surface area contributed by atoms with Crippen LogP contribution in [0.4, 0.5) is 5.69 Å². The van der Waals surface area contributed by atoms with E-state index in [9.17, 15) is 0 Å². The second-order valence-electron chi connectivity index (χ2n) is 8.42. The van der Waals surface area contributed by atoms with Gasteiger partial charge in [0.25, 0.3) is 0 Å². The van der Waals surface area contributed by atoms with Crippen LogP contribution in [0.1, 0.15) is 23.1 Å². The van der Waals surface area contributed by atoms with Gasteiger partial charge in [-0.15, -0.1) is 10.2 Å². The van der Waals surface area contributed by atoms with Gasteiger partial charge in [0.05, 0.1) is 0 Å². The van der Waals surface area contributed by atoms with Crippen LogP contribution >= 0.6 is 27.7 Å². The number of fused-ring (bicyclic) bond motifs is 3. The van der Waals surface area contributed by atoms with Crippen molar-refractivity contribution in [1.29, 1.82) is 0 Å². The van der Waals surface area contributed by atoms with Crippen molar-refractivity contribution in [3.63, 3.8) is 0 Å². The highest BCUT2D eigenvalue weighted by atomic mass is 79.9. The molecule has 3 aromatic carbocycles. The highest BCUT2D eigenvalue weighted by molar-refractivity contribution is 9.10. The number of anilines is 1. The van der Waals surface area contributed by atoms with E-state index in [-0.39, 0.29) is 0 Å². The van der Waals surface area contributed by atoms with E-state index in [1.54, 1.807) is 0 Å². The minimum atomic E-state index is -0.580. The highest BCUT2D eigenvalue weighted by Gasteiger charge is 2.28. The Balaban J connectivity index is 1.31. The largest absolute Gasteiger partial charge is 0.455 e. The summed E-state index contributed by atoms with van der Waals surface area (Å²) in [6.45, 7) is 2.08. The average Bonchev–Trinajstić information content (AvgIpc) is 3.33. The second kappa shape index (κ2) is 9.79. The van der Waals surface area contributed by atoms with Gasteiger partial charge in [-0.2, -0.15) is 4.98 Å². The summed E-state index contributed by atoms with van der Waals surface area (Å²) < 4.78 is 13.6. The third-order valence-corrected chi connectivity index (χ3v) is 7.27. The number of halogens is 1. The first-order valence-electron chi connectivity index (χ1n) is 11.4. The minimum Gasteiger partial charge on any atom is -0.455 e. The molecule has 0 unspecified atom stereocenters. The summed E-state index contributed by atoms with van der Waals surface area (Å²) in [6.07, 6.45) is -0.580. The Hall–Kier alpha value is -3.62. The van der Waals surface area contributed by atoms with Crippen LogP contribution < -0.4 is 10.1 Å². The number of rotatable bonds is 5. The maximum Gasteiger partial charge on any atom is 0.247 e. The fraction of sp³-hybridized carbons (Fsp3) is 0.107. The first-order chi connectivity index (χ1) is 17.6. The summed E-state index contributed by atoms with van der Waals surface area (Å²) in [6, 6.07) is 28.2. The van der Waals surface area contributed by atoms with E-state index in [1.165, 1.54) is 22.9 Å². The van der Waals surface area contributed by atoms with Gasteiger partial charge < -0.3 is 14.5 Å². The monoisotopic (exact) mass is 556 g/mol. The highest BCUT2D eigenvalue weighted by Crippen LogP contribution is 2.40. The SMILES string of the molecule is Cc1ccc(CSc2nnc3c(n2)O[C@H](c2ccc(-c4ccc(Br)cc4)o2)Nc2ccccc2-3)cc1. The van der Waals surface area contributed by atoms with Gasteiger partial charge in [0.1, 0.15) is 5.76 Å². The van der Waals surface area contributed by atoms with Crippen molar-refractivity contribution in [3.8, 4) is 28.5 Å². The molecule has 0 amide bonds. The molecule has 5 aromatic rings. The fourth-order valence-electron chi connectivity index (χ4n) is 3.93. The summed E-state index contributed by atoms with van der Waals surface area (Å²) in [4.78, 5) is 4.74. The number of nitrogens with zero attached hydrogens (tertiary/aromatic N) is 3. The van der Waals surface area contributed by atoms with E-state index in [1.807, 2.05) is 60.7 Å². The van der Waals surface area contributed by atoms with Crippen molar-refractivity contribution in [1.82, 2.24) is 15.2 Å². The Kier molecular flexibility index (Phi) is 6.21. The predicted octanol–water partition coefficient (Wildman–Crippen LogP) is 7.66. The number of aryl methyl sites for hydroxylation is 1. The normalized spacial score (nSPS) is 14.2. The Morgan fingerprint density at radius 2 is 1.72 bits per heavy atom. The Labute approximate surface area is 221 Å². The molecule has 1 aliphatic rings. The van der Waals surface area contributed by atoms with E-state index in [2.05, 4.69) is 62.6 Å². The lowest BCUT2D eigenvalue weighted by Crippen LogP contribution is -2.16. The molecule has 6 rings (SSSR count). The molecule has 0 saturated heterocycles. The molecule has 0 fully saturated rings. The van der Waals surface area contributed by atoms with E-state index in [0.717, 1.165) is 32.8 Å². The zero-order valence-electron chi connectivity index (χ0n) is 19.3. The van der Waals surface area contributed by atoms with Crippen LogP contribution in [-0.2, 0) is 5.75 Å². The number of thioether (sulfide) groups is 1. The number of aromatic nitrogens is 3. The molecule has 2 aromatic heterocycles. The molecule has 0 aliphatic carbocycles. The first-order valence-corrected chi connectivity index (χ1v) is 13.2. The van der Waals surface area contributed by atoms with Crippen LogP contribution in [-0.4, -0.2) is 15.2 Å². The number of para-hydroxylation sites is 1. The maximum absolute atomic E-state index is 6.36. The molecule has 1 N–H and O–H groups in total. The molecule has 1 atom stereocenters. The summed E-state index contributed by atoms with van der Waals surface area (Å²) >= 11 is 5.01. The second-order valence-corrected chi connectivity index (χ2v) is 10.3. The van der Waals surface area contributed by atoms with Crippen molar-refractivity contribution >= 4 is 33.4 Å². The number of nitrogens with one attached hydrogen (secondary N) is 1. The lowest BCUT2D eigenvalue weighted by molar-refractivity contribution is 0.196. The first kappa shape index (κ1) is 22.8. The Morgan fingerprint density at radius 3 is 2.56 bits per heavy atom. The lowest BCUT2D eigenvalue weighted by Gasteiger charge is -2.16. The van der Waals surface area contributed by atoms with Gasteiger partial charge in [-0.25, -0.2) is 0 Å². The van der Waals surface area contributed by atoms with Crippen LogP contribution in [0.3, 0.4) is 0 Å². The number of hydrogen-bond acceptors (Lipinski definition) is 7. The molecule has 0 radical (unpaired) electrons. The standard InChI is InChI=1S/C28H21BrN4O2S/c1-17-6-8-18(9-7-17)16-36-28-31-27-25(32-33-28)21-4-2-3-5-22(21)30-26(35-27)24-15-14-23(34-24)19-10-12-20(29)13-11-19/h2-15,26,30H,16H2,1H3/t26-/m1/s1. The van der Waals surface area contributed by atoms with Crippen LogP contribution in [0.5, 0.6) is 5.88 Å². The molecule has 0 bridgehead atoms. The van der Waals surface area contributed by atoms with Gasteiger partial charge in [-0.05, 0) is 42.8 Å². The third kappa shape index (κ3) is 4.74. The van der Waals surface area contributed by atoms with Gasteiger partial charge in [-0.3, -0.25) is 0 Å². The number of hydrogen-bond donors (Lipinski definition) is 1. The number of furan rings is 1. The quantitative estimate of drug-likeness (QED) is 0.222. The molecule has 178 valence electrons.